The summed E-state index contributed by atoms with van der Waals surface area (Å²) in [7, 11) is 0. The summed E-state index contributed by atoms with van der Waals surface area (Å²) in [6.07, 6.45) is 7.15. The minimum atomic E-state index is -0.503. The molecule has 8 heteroatoms. The number of aliphatic hydroxyl groups excluding tert-OH is 1. The number of piperazine rings is 1. The van der Waals surface area contributed by atoms with Crippen LogP contribution in [0.4, 0.5) is 5.95 Å². The van der Waals surface area contributed by atoms with E-state index in [-0.39, 0.29) is 5.91 Å². The van der Waals surface area contributed by atoms with E-state index in [1.807, 2.05) is 17.0 Å². The highest BCUT2D eigenvalue weighted by atomic mass is 32.1. The molecule has 1 fully saturated rings. The Morgan fingerprint density at radius 3 is 2.57 bits per heavy atom. The Labute approximate surface area is 182 Å². The topological polar surface area (TPSA) is 72.8 Å². The molecule has 0 aliphatic carbocycles. The normalized spacial score (nSPS) is 18.9. The number of nitrogens with zero attached hydrogens (tertiary/aromatic N) is 5. The van der Waals surface area contributed by atoms with Gasteiger partial charge in [0.1, 0.15) is 0 Å². The van der Waals surface area contributed by atoms with E-state index in [1.165, 1.54) is 0 Å². The van der Waals surface area contributed by atoms with Gasteiger partial charge in [-0.3, -0.25) is 9.69 Å². The fourth-order valence-electron chi connectivity index (χ4n) is 4.20. The van der Waals surface area contributed by atoms with Crippen LogP contribution in [0.5, 0.6) is 0 Å². The summed E-state index contributed by atoms with van der Waals surface area (Å²) in [5, 5.41) is 9.84. The van der Waals surface area contributed by atoms with Crippen LogP contribution in [0.15, 0.2) is 24.5 Å². The molecule has 1 N–H and O–H groups in total. The quantitative estimate of drug-likeness (QED) is 0.682. The van der Waals surface area contributed by atoms with Crippen molar-refractivity contribution < 1.29 is 9.90 Å². The van der Waals surface area contributed by atoms with Crippen LogP contribution < -0.4 is 4.90 Å². The molecule has 0 spiro atoms. The zero-order chi connectivity index (χ0) is 20.9. The Morgan fingerprint density at radius 2 is 1.83 bits per heavy atom. The molecule has 1 saturated heterocycles. The molecule has 1 atom stereocenters. The summed E-state index contributed by atoms with van der Waals surface area (Å²) >= 11 is 1.59. The molecular formula is C22H31N5O2S. The van der Waals surface area contributed by atoms with Gasteiger partial charge in [0.25, 0.3) is 5.91 Å². The van der Waals surface area contributed by atoms with Crippen LogP contribution >= 0.6 is 11.3 Å². The van der Waals surface area contributed by atoms with Gasteiger partial charge in [-0.2, -0.15) is 0 Å². The smallest absolute Gasteiger partial charge is 0.254 e. The molecule has 4 rings (SSSR count). The minimum Gasteiger partial charge on any atom is -0.388 e. The molecule has 1 unspecified atom stereocenters. The van der Waals surface area contributed by atoms with Crippen molar-refractivity contribution in [2.45, 2.75) is 38.7 Å². The summed E-state index contributed by atoms with van der Waals surface area (Å²) < 4.78 is 0. The molecule has 4 heterocycles. The Hall–Kier alpha value is -2.03. The van der Waals surface area contributed by atoms with E-state index >= 15 is 0 Å². The average molecular weight is 430 g/mol. The fraction of sp³-hybridized carbons (Fsp3) is 0.591. The lowest BCUT2D eigenvalue weighted by Gasteiger charge is -2.34. The van der Waals surface area contributed by atoms with Crippen LogP contribution in [0.3, 0.4) is 0 Å². The molecule has 2 aromatic rings. The van der Waals surface area contributed by atoms with Crippen molar-refractivity contribution in [3.8, 4) is 0 Å². The maximum atomic E-state index is 13.0. The second-order valence-electron chi connectivity index (χ2n) is 8.14. The molecular weight excluding hydrogens is 398 g/mol. The monoisotopic (exact) mass is 429 g/mol. The number of rotatable bonds is 7. The van der Waals surface area contributed by atoms with Crippen molar-refractivity contribution in [3.05, 3.63) is 39.8 Å². The van der Waals surface area contributed by atoms with E-state index in [1.54, 1.807) is 30.7 Å². The van der Waals surface area contributed by atoms with Crippen LogP contribution in [0.25, 0.3) is 0 Å². The molecule has 162 valence electrons. The van der Waals surface area contributed by atoms with Gasteiger partial charge >= 0.3 is 0 Å². The second-order valence-corrected chi connectivity index (χ2v) is 9.31. The maximum Gasteiger partial charge on any atom is 0.254 e. The van der Waals surface area contributed by atoms with Crippen molar-refractivity contribution in [2.75, 3.05) is 50.7 Å². The number of amides is 1. The Bertz CT molecular complexity index is 833. The highest BCUT2D eigenvalue weighted by molar-refractivity contribution is 7.12. The first-order valence-electron chi connectivity index (χ1n) is 11.0. The zero-order valence-electron chi connectivity index (χ0n) is 17.7. The zero-order valence-corrected chi connectivity index (χ0v) is 18.5. The number of carbonyl (C=O) groups excluding carboxylic acids is 1. The molecule has 2 aliphatic heterocycles. The first-order chi connectivity index (χ1) is 14.6. The van der Waals surface area contributed by atoms with Gasteiger partial charge in [-0.15, -0.1) is 11.3 Å². The van der Waals surface area contributed by atoms with Crippen LogP contribution in [0.1, 0.15) is 52.4 Å². The first-order valence-corrected chi connectivity index (χ1v) is 11.8. The number of fused-ring (bicyclic) bond motifs is 1. The predicted octanol–water partition coefficient (Wildman–Crippen LogP) is 2.58. The van der Waals surface area contributed by atoms with Gasteiger partial charge in [0.05, 0.1) is 11.7 Å². The molecule has 2 aromatic heterocycles. The molecule has 2 aliphatic rings. The molecule has 0 saturated carbocycles. The summed E-state index contributed by atoms with van der Waals surface area (Å²) in [6.45, 7) is 8.46. The van der Waals surface area contributed by atoms with Crippen LogP contribution in [-0.2, 0) is 6.42 Å². The van der Waals surface area contributed by atoms with Gasteiger partial charge in [-0.1, -0.05) is 0 Å². The molecule has 1 amide bonds. The van der Waals surface area contributed by atoms with Crippen LogP contribution in [-0.4, -0.2) is 76.6 Å². The SMILES string of the molecule is CC(O)c1cc2c(s1)CCCN(CCCCN1CCN(c3ncccn3)CC1)C2=O. The third-order valence-electron chi connectivity index (χ3n) is 5.95. The number of carbonyl (C=O) groups is 1. The fourth-order valence-corrected chi connectivity index (χ4v) is 5.34. The van der Waals surface area contributed by atoms with Crippen molar-refractivity contribution >= 4 is 23.2 Å². The Kier molecular flexibility index (Phi) is 6.97. The lowest BCUT2D eigenvalue weighted by Crippen LogP contribution is -2.47. The number of aryl methyl sites for hydroxylation is 1. The standard InChI is InChI=1S/C22H31N5O2S/c1-17(28)20-16-18-19(30-20)6-4-11-26(21(18)29)10-3-2-9-25-12-14-27(15-13-25)22-23-7-5-8-24-22/h5,7-8,16-17,28H,2-4,6,9-15H2,1H3. The Balaban J connectivity index is 1.21. The maximum absolute atomic E-state index is 13.0. The number of hydrogen-bond acceptors (Lipinski definition) is 7. The van der Waals surface area contributed by atoms with Crippen LogP contribution in [0.2, 0.25) is 0 Å². The number of anilines is 1. The van der Waals surface area contributed by atoms with Crippen LogP contribution in [0, 0.1) is 0 Å². The van der Waals surface area contributed by atoms with Crippen molar-refractivity contribution in [2.24, 2.45) is 0 Å². The average Bonchev–Trinajstić information content (AvgIpc) is 3.14. The van der Waals surface area contributed by atoms with Gasteiger partial charge in [-0.25, -0.2) is 9.97 Å². The number of aliphatic hydroxyl groups is 1. The molecule has 30 heavy (non-hydrogen) atoms. The Morgan fingerprint density at radius 1 is 1.10 bits per heavy atom. The van der Waals surface area contributed by atoms with Crippen molar-refractivity contribution in [1.82, 2.24) is 19.8 Å². The summed E-state index contributed by atoms with van der Waals surface area (Å²) in [6, 6.07) is 3.75. The van der Waals surface area contributed by atoms with Gasteiger partial charge in [0.2, 0.25) is 5.95 Å². The van der Waals surface area contributed by atoms with Crippen molar-refractivity contribution in [3.63, 3.8) is 0 Å². The van der Waals surface area contributed by atoms with Gasteiger partial charge in [0.15, 0.2) is 0 Å². The highest BCUT2D eigenvalue weighted by Crippen LogP contribution is 2.31. The van der Waals surface area contributed by atoms with E-state index < -0.39 is 6.10 Å². The number of thiophene rings is 1. The number of unbranched alkanes of at least 4 members (excludes halogenated alkanes) is 1. The minimum absolute atomic E-state index is 0.141. The molecule has 7 nitrogen and oxygen atoms in total. The summed E-state index contributed by atoms with van der Waals surface area (Å²) in [5.74, 6) is 0.963. The van der Waals surface area contributed by atoms with Gasteiger partial charge < -0.3 is 14.9 Å². The molecule has 0 bridgehead atoms. The highest BCUT2D eigenvalue weighted by Gasteiger charge is 2.25. The molecule has 0 radical (unpaired) electrons. The summed E-state index contributed by atoms with van der Waals surface area (Å²) in [5.41, 5.74) is 0.813. The van der Waals surface area contributed by atoms with Gasteiger partial charge in [0, 0.05) is 61.4 Å². The third-order valence-corrected chi connectivity index (χ3v) is 7.31. The lowest BCUT2D eigenvalue weighted by molar-refractivity contribution is 0.0756. The number of hydrogen-bond donors (Lipinski definition) is 1. The van der Waals surface area contributed by atoms with E-state index in [0.717, 1.165) is 92.8 Å². The third kappa shape index (κ3) is 4.99. The van der Waals surface area contributed by atoms with E-state index in [4.69, 9.17) is 0 Å². The van der Waals surface area contributed by atoms with Crippen molar-refractivity contribution in [1.29, 1.82) is 0 Å². The number of aromatic nitrogens is 2. The predicted molar refractivity (Wildman–Crippen MR) is 119 cm³/mol. The van der Waals surface area contributed by atoms with Gasteiger partial charge in [-0.05, 0) is 51.3 Å². The lowest BCUT2D eigenvalue weighted by atomic mass is 10.1. The molecule has 0 aromatic carbocycles. The summed E-state index contributed by atoms with van der Waals surface area (Å²) in [4.78, 5) is 30.4. The first kappa shape index (κ1) is 21.2. The van der Waals surface area contributed by atoms with E-state index in [9.17, 15) is 9.90 Å². The second kappa shape index (κ2) is 9.85. The van der Waals surface area contributed by atoms with E-state index in [2.05, 4.69) is 19.8 Å². The van der Waals surface area contributed by atoms with E-state index in [0.29, 0.717) is 0 Å². The largest absolute Gasteiger partial charge is 0.388 e.